The minimum absolute atomic E-state index is 0.171. The molecule has 0 N–H and O–H groups in total. The molecule has 1 fully saturated rings. The average molecular weight is 460 g/mol. The van der Waals surface area contributed by atoms with Crippen molar-refractivity contribution in [2.75, 3.05) is 0 Å². The van der Waals surface area contributed by atoms with E-state index in [-0.39, 0.29) is 5.54 Å². The summed E-state index contributed by atoms with van der Waals surface area (Å²) < 4.78 is 5.26. The second-order valence-corrected chi connectivity index (χ2v) is 10.5. The third-order valence-electron chi connectivity index (χ3n) is 8.51. The molecule has 0 saturated heterocycles. The molecule has 176 valence electrons. The molecule has 1 saturated carbocycles. The Balaban J connectivity index is 1.77. The highest BCUT2D eigenvalue weighted by molar-refractivity contribution is 5.69. The summed E-state index contributed by atoms with van der Waals surface area (Å²) in [5.41, 5.74) is 10.5. The number of fused-ring (bicyclic) bond motifs is 1. The van der Waals surface area contributed by atoms with E-state index in [0.717, 1.165) is 0 Å². The molecule has 4 aromatic rings. The molecule has 2 heterocycles. The van der Waals surface area contributed by atoms with Crippen LogP contribution in [0.3, 0.4) is 0 Å². The largest absolute Gasteiger partial charge is 0.296 e. The fourth-order valence-corrected chi connectivity index (χ4v) is 6.85. The maximum atomic E-state index is 2.72. The van der Waals surface area contributed by atoms with E-state index in [2.05, 4.69) is 122 Å². The molecule has 0 radical (unpaired) electrons. The second kappa shape index (κ2) is 8.37. The summed E-state index contributed by atoms with van der Waals surface area (Å²) in [6.45, 7) is 9.07. The lowest BCUT2D eigenvalue weighted by Crippen LogP contribution is -2.59. The zero-order chi connectivity index (χ0) is 24.2. The Bertz CT molecular complexity index is 1410. The second-order valence-electron chi connectivity index (χ2n) is 10.5. The number of imidazole rings is 1. The summed E-state index contributed by atoms with van der Waals surface area (Å²) in [5.74, 6) is 1.89. The lowest BCUT2D eigenvalue weighted by Gasteiger charge is -2.33. The van der Waals surface area contributed by atoms with E-state index >= 15 is 0 Å². The van der Waals surface area contributed by atoms with Crippen LogP contribution >= 0.6 is 0 Å². The van der Waals surface area contributed by atoms with Crippen LogP contribution < -0.4 is 4.57 Å². The third-order valence-corrected chi connectivity index (χ3v) is 8.51. The van der Waals surface area contributed by atoms with E-state index in [1.165, 1.54) is 76.4 Å². The van der Waals surface area contributed by atoms with Gasteiger partial charge in [0.2, 0.25) is 0 Å². The molecular weight excluding hydrogens is 424 g/mol. The minimum atomic E-state index is -0.171. The number of nitrogens with zero attached hydrogens (tertiary/aromatic N) is 2. The van der Waals surface area contributed by atoms with Gasteiger partial charge in [-0.2, -0.15) is 4.57 Å². The molecule has 3 aromatic carbocycles. The molecule has 1 atom stereocenters. The van der Waals surface area contributed by atoms with Gasteiger partial charge in [0.1, 0.15) is 5.69 Å². The smallest absolute Gasteiger partial charge is 0.209 e. The fraction of sp³-hybridized carbons (Fsp3) is 0.303. The lowest BCUT2D eigenvalue weighted by atomic mass is 9.77. The van der Waals surface area contributed by atoms with Gasteiger partial charge in [-0.15, -0.1) is 0 Å². The molecule has 35 heavy (non-hydrogen) atoms. The van der Waals surface area contributed by atoms with Crippen LogP contribution in [0.25, 0.3) is 23.2 Å². The molecule has 1 aliphatic heterocycles. The van der Waals surface area contributed by atoms with E-state index in [4.69, 9.17) is 0 Å². The van der Waals surface area contributed by atoms with Crippen molar-refractivity contribution >= 4 is 6.08 Å². The van der Waals surface area contributed by atoms with Gasteiger partial charge in [0.05, 0.1) is 5.56 Å². The molecule has 2 aliphatic rings. The highest BCUT2D eigenvalue weighted by Crippen LogP contribution is 2.47. The first-order valence-corrected chi connectivity index (χ1v) is 13.1. The van der Waals surface area contributed by atoms with Gasteiger partial charge in [-0.05, 0) is 68.5 Å². The molecule has 6 rings (SSSR count). The Hall–Kier alpha value is -3.39. The summed E-state index contributed by atoms with van der Waals surface area (Å²) in [4.78, 5) is 0. The Labute approximate surface area is 209 Å². The van der Waals surface area contributed by atoms with Crippen LogP contribution in [0.15, 0.2) is 78.9 Å². The number of allylic oxidation sites excluding steroid dienone is 1. The van der Waals surface area contributed by atoms with Crippen molar-refractivity contribution in [1.29, 1.82) is 0 Å². The van der Waals surface area contributed by atoms with E-state index in [1.54, 1.807) is 0 Å². The van der Waals surface area contributed by atoms with Gasteiger partial charge in [0.25, 0.3) is 5.82 Å². The van der Waals surface area contributed by atoms with E-state index in [9.17, 15) is 0 Å². The van der Waals surface area contributed by atoms with Gasteiger partial charge in [0.15, 0.2) is 16.9 Å². The molecule has 0 amide bonds. The Kier molecular flexibility index (Phi) is 5.29. The monoisotopic (exact) mass is 459 g/mol. The predicted octanol–water partition coefficient (Wildman–Crippen LogP) is 7.63. The van der Waals surface area contributed by atoms with Crippen molar-refractivity contribution in [2.24, 2.45) is 5.92 Å². The number of aromatic nitrogens is 2. The van der Waals surface area contributed by atoms with Crippen LogP contribution in [0.2, 0.25) is 0 Å². The normalized spacial score (nSPS) is 19.4. The number of para-hydroxylation sites is 1. The quantitative estimate of drug-likeness (QED) is 0.277. The number of hydrogen-bond donors (Lipinski definition) is 0. The van der Waals surface area contributed by atoms with E-state index < -0.39 is 0 Å². The molecular formula is C33H35N2+. The van der Waals surface area contributed by atoms with Crippen LogP contribution in [0.1, 0.15) is 59.3 Å². The Morgan fingerprint density at radius 2 is 1.37 bits per heavy atom. The predicted molar refractivity (Wildman–Crippen MR) is 145 cm³/mol. The van der Waals surface area contributed by atoms with Crippen molar-refractivity contribution in [1.82, 2.24) is 4.57 Å². The third kappa shape index (κ3) is 3.19. The van der Waals surface area contributed by atoms with Crippen molar-refractivity contribution in [3.05, 3.63) is 113 Å². The van der Waals surface area contributed by atoms with Crippen molar-refractivity contribution in [3.63, 3.8) is 0 Å². The average Bonchev–Trinajstić information content (AvgIpc) is 3.59. The van der Waals surface area contributed by atoms with Gasteiger partial charge in [-0.1, -0.05) is 79.6 Å². The van der Waals surface area contributed by atoms with Crippen LogP contribution in [-0.4, -0.2) is 4.57 Å². The van der Waals surface area contributed by atoms with Crippen LogP contribution in [0.4, 0.5) is 0 Å². The van der Waals surface area contributed by atoms with Crippen LogP contribution in [0, 0.1) is 33.6 Å². The topological polar surface area (TPSA) is 8.81 Å². The zero-order valence-electron chi connectivity index (χ0n) is 21.4. The van der Waals surface area contributed by atoms with Crippen LogP contribution in [0.5, 0.6) is 0 Å². The maximum Gasteiger partial charge on any atom is 0.296 e. The molecule has 1 aliphatic carbocycles. The first-order valence-electron chi connectivity index (χ1n) is 13.1. The SMILES string of the molecule is Cc1ccccc1-n1c(C)c2[n+](c1-c1c(C)cccc1C)C(c1ccccc1)(C1CCCC1)C=C2. The Morgan fingerprint density at radius 1 is 0.743 bits per heavy atom. The molecule has 2 heteroatoms. The van der Waals surface area contributed by atoms with E-state index in [1.807, 2.05) is 0 Å². The lowest BCUT2D eigenvalue weighted by molar-refractivity contribution is -0.736. The van der Waals surface area contributed by atoms with Gasteiger partial charge >= 0.3 is 0 Å². The molecule has 0 bridgehead atoms. The number of aryl methyl sites for hydroxylation is 3. The first kappa shape index (κ1) is 22.1. The van der Waals surface area contributed by atoms with Crippen molar-refractivity contribution in [3.8, 4) is 17.1 Å². The van der Waals surface area contributed by atoms with Gasteiger partial charge < -0.3 is 0 Å². The van der Waals surface area contributed by atoms with E-state index in [0.29, 0.717) is 5.92 Å². The van der Waals surface area contributed by atoms with Crippen molar-refractivity contribution in [2.45, 2.75) is 58.9 Å². The fourth-order valence-electron chi connectivity index (χ4n) is 6.85. The number of hydrogen-bond acceptors (Lipinski definition) is 0. The molecule has 2 nitrogen and oxygen atoms in total. The first-order chi connectivity index (χ1) is 17.0. The van der Waals surface area contributed by atoms with Crippen LogP contribution in [-0.2, 0) is 5.54 Å². The van der Waals surface area contributed by atoms with Crippen molar-refractivity contribution < 1.29 is 4.57 Å². The zero-order valence-corrected chi connectivity index (χ0v) is 21.4. The highest BCUT2D eigenvalue weighted by Gasteiger charge is 2.53. The van der Waals surface area contributed by atoms with Gasteiger partial charge in [-0.3, -0.25) is 0 Å². The highest BCUT2D eigenvalue weighted by atomic mass is 15.2. The molecule has 1 unspecified atom stereocenters. The van der Waals surface area contributed by atoms with Gasteiger partial charge in [0, 0.05) is 18.4 Å². The number of rotatable bonds is 4. The summed E-state index contributed by atoms with van der Waals surface area (Å²) in [5, 5.41) is 0. The van der Waals surface area contributed by atoms with Gasteiger partial charge in [-0.25, -0.2) is 4.57 Å². The standard InChI is InChI=1S/C33H35N2/c1-23-13-8-11-20-29(23)34-26(4)30-21-22-33(28-18-9-10-19-28,27-16-6-5-7-17-27)35(30)32(34)31-24(2)14-12-15-25(31)3/h5-8,11-17,20-22,28H,9-10,18-19H2,1-4H3/q+1. The summed E-state index contributed by atoms with van der Waals surface area (Å²) in [7, 11) is 0. The minimum Gasteiger partial charge on any atom is -0.209 e. The molecule has 0 spiro atoms. The maximum absolute atomic E-state index is 2.72. The molecule has 1 aromatic heterocycles. The Morgan fingerprint density at radius 3 is 2.06 bits per heavy atom. The number of benzene rings is 3. The summed E-state index contributed by atoms with van der Waals surface area (Å²) in [6, 6.07) is 26.8. The summed E-state index contributed by atoms with van der Waals surface area (Å²) in [6.07, 6.45) is 10.1. The summed E-state index contributed by atoms with van der Waals surface area (Å²) >= 11 is 0.